The smallest absolute Gasteiger partial charge is 0.138 e. The third kappa shape index (κ3) is 1.28. The molecule has 1 saturated carbocycles. The molecule has 0 aliphatic heterocycles. The van der Waals surface area contributed by atoms with Gasteiger partial charge in [-0.1, -0.05) is 43.3 Å². The van der Waals surface area contributed by atoms with Gasteiger partial charge in [-0.25, -0.2) is 0 Å². The molecule has 1 fully saturated rings. The number of para-hydroxylation sites is 2. The SMILES string of the molecule is C[C@H]1CC[C@@H]1c1cccc2c1oc1ccccc12. The number of benzene rings is 2. The minimum atomic E-state index is 0.689. The van der Waals surface area contributed by atoms with Gasteiger partial charge in [-0.05, 0) is 36.3 Å². The summed E-state index contributed by atoms with van der Waals surface area (Å²) in [6, 6.07) is 14.9. The van der Waals surface area contributed by atoms with E-state index in [-0.39, 0.29) is 0 Å². The average molecular weight is 236 g/mol. The van der Waals surface area contributed by atoms with E-state index in [1.165, 1.54) is 29.2 Å². The Bertz CT molecular complexity index is 723. The first-order chi connectivity index (χ1) is 8.84. The van der Waals surface area contributed by atoms with Crippen molar-refractivity contribution in [2.45, 2.75) is 25.7 Å². The van der Waals surface area contributed by atoms with E-state index in [0.717, 1.165) is 17.1 Å². The Kier molecular flexibility index (Phi) is 2.05. The van der Waals surface area contributed by atoms with Crippen LogP contribution in [-0.2, 0) is 0 Å². The fourth-order valence-corrected chi connectivity index (χ4v) is 3.19. The third-order valence-electron chi connectivity index (χ3n) is 4.45. The number of hydrogen-bond donors (Lipinski definition) is 0. The van der Waals surface area contributed by atoms with Crippen molar-refractivity contribution in [1.82, 2.24) is 0 Å². The number of furan rings is 1. The highest BCUT2D eigenvalue weighted by atomic mass is 16.3. The molecule has 2 atom stereocenters. The summed E-state index contributed by atoms with van der Waals surface area (Å²) in [4.78, 5) is 0. The maximum atomic E-state index is 6.09. The number of fused-ring (bicyclic) bond motifs is 3. The van der Waals surface area contributed by atoms with Gasteiger partial charge < -0.3 is 4.42 Å². The maximum absolute atomic E-state index is 6.09. The van der Waals surface area contributed by atoms with E-state index in [1.807, 2.05) is 6.07 Å². The van der Waals surface area contributed by atoms with Crippen molar-refractivity contribution >= 4 is 21.9 Å². The van der Waals surface area contributed by atoms with Gasteiger partial charge in [0.05, 0.1) is 0 Å². The minimum Gasteiger partial charge on any atom is -0.456 e. The molecule has 1 aliphatic carbocycles. The molecule has 0 N–H and O–H groups in total. The second-order valence-corrected chi connectivity index (χ2v) is 5.48. The van der Waals surface area contributed by atoms with Crippen molar-refractivity contribution in [2.75, 3.05) is 0 Å². The van der Waals surface area contributed by atoms with Gasteiger partial charge >= 0.3 is 0 Å². The largest absolute Gasteiger partial charge is 0.456 e. The van der Waals surface area contributed by atoms with Crippen molar-refractivity contribution in [3.8, 4) is 0 Å². The molecule has 0 unspecified atom stereocenters. The van der Waals surface area contributed by atoms with Gasteiger partial charge in [0.1, 0.15) is 11.2 Å². The molecule has 3 aromatic rings. The molecular formula is C17H16O. The Morgan fingerprint density at radius 1 is 0.944 bits per heavy atom. The molecule has 1 nitrogen and oxygen atoms in total. The molecule has 0 radical (unpaired) electrons. The standard InChI is InChI=1S/C17H16O/c1-11-9-10-12(11)14-6-4-7-15-13-5-2-3-8-16(13)18-17(14)15/h2-8,11-12H,9-10H2,1H3/t11-,12-/m0/s1. The van der Waals surface area contributed by atoms with Crippen molar-refractivity contribution < 1.29 is 4.42 Å². The second kappa shape index (κ2) is 3.61. The number of rotatable bonds is 1. The fraction of sp³-hybridized carbons (Fsp3) is 0.294. The van der Waals surface area contributed by atoms with Crippen molar-refractivity contribution in [3.05, 3.63) is 48.0 Å². The van der Waals surface area contributed by atoms with Crippen molar-refractivity contribution in [1.29, 1.82) is 0 Å². The fourth-order valence-electron chi connectivity index (χ4n) is 3.19. The lowest BCUT2D eigenvalue weighted by Gasteiger charge is -2.34. The van der Waals surface area contributed by atoms with Crippen LogP contribution in [-0.4, -0.2) is 0 Å². The van der Waals surface area contributed by atoms with Crippen LogP contribution in [0.4, 0.5) is 0 Å². The van der Waals surface area contributed by atoms with Crippen LogP contribution in [0.5, 0.6) is 0 Å². The van der Waals surface area contributed by atoms with Gasteiger partial charge in [-0.2, -0.15) is 0 Å². The van der Waals surface area contributed by atoms with Gasteiger partial charge in [0, 0.05) is 10.8 Å². The lowest BCUT2D eigenvalue weighted by Crippen LogP contribution is -2.20. The molecule has 1 heteroatoms. The summed E-state index contributed by atoms with van der Waals surface area (Å²) in [7, 11) is 0. The molecule has 0 spiro atoms. The maximum Gasteiger partial charge on any atom is 0.138 e. The molecule has 0 saturated heterocycles. The van der Waals surface area contributed by atoms with E-state index < -0.39 is 0 Å². The quantitative estimate of drug-likeness (QED) is 0.573. The molecule has 18 heavy (non-hydrogen) atoms. The van der Waals surface area contributed by atoms with E-state index >= 15 is 0 Å². The van der Waals surface area contributed by atoms with Crippen LogP contribution in [0.15, 0.2) is 46.9 Å². The Balaban J connectivity index is 2.04. The van der Waals surface area contributed by atoms with Gasteiger partial charge in [0.2, 0.25) is 0 Å². The molecule has 2 aromatic carbocycles. The molecule has 90 valence electrons. The summed E-state index contributed by atoms with van der Waals surface area (Å²) >= 11 is 0. The highest BCUT2D eigenvalue weighted by Crippen LogP contribution is 2.45. The van der Waals surface area contributed by atoms with Crippen LogP contribution in [0.3, 0.4) is 0 Å². The zero-order valence-corrected chi connectivity index (χ0v) is 10.5. The minimum absolute atomic E-state index is 0.689. The van der Waals surface area contributed by atoms with Gasteiger partial charge in [0.25, 0.3) is 0 Å². The van der Waals surface area contributed by atoms with E-state index in [4.69, 9.17) is 4.42 Å². The lowest BCUT2D eigenvalue weighted by molar-refractivity contribution is 0.280. The predicted octanol–water partition coefficient (Wildman–Crippen LogP) is 5.10. The first kappa shape index (κ1) is 10.2. The lowest BCUT2D eigenvalue weighted by atomic mass is 9.71. The Morgan fingerprint density at radius 2 is 1.78 bits per heavy atom. The monoisotopic (exact) mass is 236 g/mol. The Labute approximate surface area is 106 Å². The van der Waals surface area contributed by atoms with Gasteiger partial charge in [-0.15, -0.1) is 0 Å². The first-order valence-electron chi connectivity index (χ1n) is 6.75. The van der Waals surface area contributed by atoms with Crippen molar-refractivity contribution in [3.63, 3.8) is 0 Å². The molecule has 1 aromatic heterocycles. The van der Waals surface area contributed by atoms with Crippen LogP contribution >= 0.6 is 0 Å². The first-order valence-corrected chi connectivity index (χ1v) is 6.75. The van der Waals surface area contributed by atoms with Crippen LogP contribution in [0, 0.1) is 5.92 Å². The van der Waals surface area contributed by atoms with Crippen LogP contribution in [0.25, 0.3) is 21.9 Å². The summed E-state index contributed by atoms with van der Waals surface area (Å²) in [5, 5.41) is 2.50. The summed E-state index contributed by atoms with van der Waals surface area (Å²) in [5.74, 6) is 1.48. The van der Waals surface area contributed by atoms with E-state index in [9.17, 15) is 0 Å². The molecular weight excluding hydrogens is 220 g/mol. The predicted molar refractivity (Wildman–Crippen MR) is 74.9 cm³/mol. The van der Waals surface area contributed by atoms with Crippen LogP contribution < -0.4 is 0 Å². The zero-order chi connectivity index (χ0) is 12.1. The van der Waals surface area contributed by atoms with Gasteiger partial charge in [-0.3, -0.25) is 0 Å². The molecule has 0 amide bonds. The normalized spacial score (nSPS) is 23.4. The molecule has 1 heterocycles. The molecule has 0 bridgehead atoms. The second-order valence-electron chi connectivity index (χ2n) is 5.48. The topological polar surface area (TPSA) is 13.1 Å². The van der Waals surface area contributed by atoms with Crippen LogP contribution in [0.1, 0.15) is 31.2 Å². The summed E-state index contributed by atoms with van der Waals surface area (Å²) in [6.45, 7) is 2.34. The van der Waals surface area contributed by atoms with Crippen LogP contribution in [0.2, 0.25) is 0 Å². The molecule has 4 rings (SSSR count). The van der Waals surface area contributed by atoms with Gasteiger partial charge in [0.15, 0.2) is 0 Å². The summed E-state index contributed by atoms with van der Waals surface area (Å²) in [6.07, 6.45) is 2.65. The highest BCUT2D eigenvalue weighted by molar-refractivity contribution is 6.05. The molecule has 1 aliphatic rings. The van der Waals surface area contributed by atoms with E-state index in [1.54, 1.807) is 0 Å². The van der Waals surface area contributed by atoms with E-state index in [0.29, 0.717) is 5.92 Å². The Morgan fingerprint density at radius 3 is 2.56 bits per heavy atom. The Hall–Kier alpha value is -1.76. The zero-order valence-electron chi connectivity index (χ0n) is 10.5. The third-order valence-corrected chi connectivity index (χ3v) is 4.45. The van der Waals surface area contributed by atoms with E-state index in [2.05, 4.69) is 43.3 Å². The number of hydrogen-bond acceptors (Lipinski definition) is 1. The van der Waals surface area contributed by atoms with Crippen molar-refractivity contribution in [2.24, 2.45) is 5.92 Å². The summed E-state index contributed by atoms with van der Waals surface area (Å²) < 4.78 is 6.09. The highest BCUT2D eigenvalue weighted by Gasteiger charge is 2.30. The summed E-state index contributed by atoms with van der Waals surface area (Å²) in [5.41, 5.74) is 3.52. The average Bonchev–Trinajstić information content (AvgIpc) is 2.77.